The summed E-state index contributed by atoms with van der Waals surface area (Å²) >= 11 is 0. The van der Waals surface area contributed by atoms with E-state index in [2.05, 4.69) is 5.16 Å². The van der Waals surface area contributed by atoms with Crippen LogP contribution in [0.3, 0.4) is 0 Å². The van der Waals surface area contributed by atoms with Crippen LogP contribution in [0.25, 0.3) is 0 Å². The molecule has 0 spiro atoms. The van der Waals surface area contributed by atoms with Crippen molar-refractivity contribution in [3.63, 3.8) is 0 Å². The first kappa shape index (κ1) is 13.4. The van der Waals surface area contributed by atoms with E-state index in [-0.39, 0.29) is 36.8 Å². The third-order valence-electron chi connectivity index (χ3n) is 1.71. The first-order valence-corrected chi connectivity index (χ1v) is 2.97. The number of nitrogens with zero attached hydrogens (tertiary/aromatic N) is 1. The van der Waals surface area contributed by atoms with Crippen LogP contribution < -0.4 is 11.5 Å². The summed E-state index contributed by atoms with van der Waals surface area (Å²) in [5, 5.41) is 11.1. The second kappa shape index (κ2) is 5.46. The molecule has 0 saturated heterocycles. The van der Waals surface area contributed by atoms with E-state index in [4.69, 9.17) is 16.7 Å². The Balaban J connectivity index is 0. The number of halogens is 2. The molecule has 5 N–H and O–H groups in total. The molecular formula is C5H13Cl2N3O. The van der Waals surface area contributed by atoms with Crippen molar-refractivity contribution in [1.82, 2.24) is 0 Å². The molecule has 0 radical (unpaired) electrons. The van der Waals surface area contributed by atoms with Crippen LogP contribution in [-0.2, 0) is 0 Å². The lowest BCUT2D eigenvalue weighted by atomic mass is 9.80. The van der Waals surface area contributed by atoms with Gasteiger partial charge in [0, 0.05) is 12.0 Å². The van der Waals surface area contributed by atoms with E-state index < -0.39 is 0 Å². The summed E-state index contributed by atoms with van der Waals surface area (Å²) in [6.07, 6.45) is 1.71. The average molecular weight is 202 g/mol. The molecule has 0 aliphatic heterocycles. The number of oxime groups is 1. The van der Waals surface area contributed by atoms with E-state index in [1.807, 2.05) is 0 Å². The maximum atomic E-state index is 8.18. The molecule has 0 atom stereocenters. The quantitative estimate of drug-likeness (QED) is 0.247. The first-order chi connectivity index (χ1) is 4.24. The smallest absolute Gasteiger partial charge is 0.142 e. The molecule has 0 amide bonds. The lowest BCUT2D eigenvalue weighted by Crippen LogP contribution is -2.43. The fraction of sp³-hybridized carbons (Fsp3) is 0.800. The first-order valence-electron chi connectivity index (χ1n) is 2.97. The zero-order valence-electron chi connectivity index (χ0n) is 5.93. The predicted molar refractivity (Wildman–Crippen MR) is 48.6 cm³/mol. The molecular weight excluding hydrogens is 189 g/mol. The standard InChI is InChI=1S/C5H11N3O.2ClH/c6-4-1-3(2-4)5(7)8-9;;/h3-4,9H,1-2,6H2,(H2,7,8);2*1H. The van der Waals surface area contributed by atoms with E-state index >= 15 is 0 Å². The summed E-state index contributed by atoms with van der Waals surface area (Å²) in [5.41, 5.74) is 10.8. The Morgan fingerprint density at radius 1 is 1.36 bits per heavy atom. The van der Waals surface area contributed by atoms with E-state index in [1.165, 1.54) is 0 Å². The summed E-state index contributed by atoms with van der Waals surface area (Å²) in [6.45, 7) is 0. The topological polar surface area (TPSA) is 84.6 Å². The third kappa shape index (κ3) is 3.14. The summed E-state index contributed by atoms with van der Waals surface area (Å²) in [7, 11) is 0. The lowest BCUT2D eigenvalue weighted by Gasteiger charge is -2.30. The van der Waals surface area contributed by atoms with Crippen molar-refractivity contribution in [2.45, 2.75) is 18.9 Å². The van der Waals surface area contributed by atoms with Crippen LogP contribution in [-0.4, -0.2) is 17.1 Å². The Hall–Kier alpha value is -0.190. The van der Waals surface area contributed by atoms with Crippen LogP contribution in [0.4, 0.5) is 0 Å². The normalized spacial score (nSPS) is 29.4. The van der Waals surface area contributed by atoms with Gasteiger partial charge < -0.3 is 16.7 Å². The highest BCUT2D eigenvalue weighted by Gasteiger charge is 2.28. The molecule has 6 heteroatoms. The van der Waals surface area contributed by atoms with Crippen LogP contribution >= 0.6 is 24.8 Å². The Bertz CT molecular complexity index is 136. The van der Waals surface area contributed by atoms with Gasteiger partial charge in [-0.25, -0.2) is 0 Å². The van der Waals surface area contributed by atoms with Gasteiger partial charge in [0.2, 0.25) is 0 Å². The van der Waals surface area contributed by atoms with Gasteiger partial charge in [-0.15, -0.1) is 24.8 Å². The fourth-order valence-corrected chi connectivity index (χ4v) is 0.985. The van der Waals surface area contributed by atoms with Gasteiger partial charge in [0.15, 0.2) is 0 Å². The maximum absolute atomic E-state index is 8.18. The predicted octanol–water partition coefficient (Wildman–Crippen LogP) is 0.314. The zero-order valence-corrected chi connectivity index (χ0v) is 7.57. The van der Waals surface area contributed by atoms with Crippen LogP contribution in [0.15, 0.2) is 5.16 Å². The second-order valence-corrected chi connectivity index (χ2v) is 2.45. The van der Waals surface area contributed by atoms with Gasteiger partial charge in [-0.3, -0.25) is 0 Å². The molecule has 0 heterocycles. The second-order valence-electron chi connectivity index (χ2n) is 2.45. The summed E-state index contributed by atoms with van der Waals surface area (Å²) < 4.78 is 0. The minimum atomic E-state index is 0. The van der Waals surface area contributed by atoms with Gasteiger partial charge in [-0.05, 0) is 12.8 Å². The van der Waals surface area contributed by atoms with Crippen molar-refractivity contribution in [2.75, 3.05) is 0 Å². The van der Waals surface area contributed by atoms with Crippen molar-refractivity contribution in [1.29, 1.82) is 0 Å². The van der Waals surface area contributed by atoms with Crippen LogP contribution in [0.5, 0.6) is 0 Å². The molecule has 0 bridgehead atoms. The van der Waals surface area contributed by atoms with Crippen molar-refractivity contribution in [3.05, 3.63) is 0 Å². The highest BCUT2D eigenvalue weighted by atomic mass is 35.5. The molecule has 11 heavy (non-hydrogen) atoms. The van der Waals surface area contributed by atoms with Crippen LogP contribution in [0.2, 0.25) is 0 Å². The van der Waals surface area contributed by atoms with Crippen LogP contribution in [0.1, 0.15) is 12.8 Å². The highest BCUT2D eigenvalue weighted by Crippen LogP contribution is 2.25. The Morgan fingerprint density at radius 2 is 1.82 bits per heavy atom. The number of rotatable bonds is 1. The molecule has 0 unspecified atom stereocenters. The van der Waals surface area contributed by atoms with Gasteiger partial charge in [0.1, 0.15) is 5.84 Å². The molecule has 1 rings (SSSR count). The van der Waals surface area contributed by atoms with Crippen molar-refractivity contribution >= 4 is 30.6 Å². The average Bonchev–Trinajstić information content (AvgIpc) is 1.79. The molecule has 1 fully saturated rings. The largest absolute Gasteiger partial charge is 0.409 e. The minimum Gasteiger partial charge on any atom is -0.409 e. The highest BCUT2D eigenvalue weighted by molar-refractivity contribution is 5.85. The van der Waals surface area contributed by atoms with E-state index in [1.54, 1.807) is 0 Å². The summed E-state index contributed by atoms with van der Waals surface area (Å²) in [5.74, 6) is 0.543. The molecule has 4 nitrogen and oxygen atoms in total. The van der Waals surface area contributed by atoms with E-state index in [0.717, 1.165) is 12.8 Å². The SMILES string of the molecule is Cl.Cl.N/C(=N\O)C1CC(N)C1. The van der Waals surface area contributed by atoms with Crippen LogP contribution in [0, 0.1) is 5.92 Å². The number of amidine groups is 1. The zero-order chi connectivity index (χ0) is 6.85. The van der Waals surface area contributed by atoms with E-state index in [9.17, 15) is 0 Å². The monoisotopic (exact) mass is 201 g/mol. The summed E-state index contributed by atoms with van der Waals surface area (Å²) in [6, 6.07) is 0.260. The summed E-state index contributed by atoms with van der Waals surface area (Å²) in [4.78, 5) is 0. The maximum Gasteiger partial charge on any atom is 0.142 e. The van der Waals surface area contributed by atoms with Gasteiger partial charge >= 0.3 is 0 Å². The third-order valence-corrected chi connectivity index (χ3v) is 1.71. The minimum absolute atomic E-state index is 0. The molecule has 0 aromatic carbocycles. The number of nitrogens with two attached hydrogens (primary N) is 2. The van der Waals surface area contributed by atoms with Gasteiger partial charge in [0.05, 0.1) is 0 Å². The number of hydrogen-bond acceptors (Lipinski definition) is 3. The number of hydrogen-bond donors (Lipinski definition) is 3. The van der Waals surface area contributed by atoms with Gasteiger partial charge in [-0.1, -0.05) is 5.16 Å². The Kier molecular flexibility index (Phi) is 6.65. The fourth-order valence-electron chi connectivity index (χ4n) is 0.985. The van der Waals surface area contributed by atoms with Crippen molar-refractivity contribution in [3.8, 4) is 0 Å². The van der Waals surface area contributed by atoms with Crippen molar-refractivity contribution < 1.29 is 5.21 Å². The molecule has 68 valence electrons. The molecule has 0 aromatic heterocycles. The molecule has 0 aromatic rings. The molecule has 1 aliphatic carbocycles. The Morgan fingerprint density at radius 3 is 2.09 bits per heavy atom. The molecule has 1 aliphatic rings. The molecule has 1 saturated carbocycles. The van der Waals surface area contributed by atoms with Gasteiger partial charge in [0.25, 0.3) is 0 Å². The van der Waals surface area contributed by atoms with Gasteiger partial charge in [-0.2, -0.15) is 0 Å². The lowest BCUT2D eigenvalue weighted by molar-refractivity contribution is 0.292. The Labute approximate surface area is 77.8 Å². The van der Waals surface area contributed by atoms with Crippen molar-refractivity contribution in [2.24, 2.45) is 22.5 Å². The van der Waals surface area contributed by atoms with E-state index in [0.29, 0.717) is 5.84 Å².